The first-order valence-corrected chi connectivity index (χ1v) is 6.51. The highest BCUT2D eigenvalue weighted by atomic mass is 19.1. The van der Waals surface area contributed by atoms with Gasteiger partial charge in [-0.1, -0.05) is 13.8 Å². The molecule has 1 unspecified atom stereocenters. The molecule has 1 heterocycles. The van der Waals surface area contributed by atoms with Crippen LogP contribution in [0, 0.1) is 11.6 Å². The molecule has 4 heteroatoms. The summed E-state index contributed by atoms with van der Waals surface area (Å²) >= 11 is 0. The van der Waals surface area contributed by atoms with E-state index in [2.05, 4.69) is 24.1 Å². The van der Waals surface area contributed by atoms with Gasteiger partial charge in [0.15, 0.2) is 0 Å². The standard InChI is InChI=1S/C14H20F2N2/c1-10(2)17-13-4-3-5-18(9-13)14-7-11(15)6-12(16)8-14/h6-8,10,13,17H,3-5,9H2,1-2H3. The van der Waals surface area contributed by atoms with Crippen molar-refractivity contribution < 1.29 is 8.78 Å². The highest BCUT2D eigenvalue weighted by molar-refractivity contribution is 5.47. The molecule has 18 heavy (non-hydrogen) atoms. The normalized spacial score (nSPS) is 20.5. The molecular formula is C14H20F2N2. The number of hydrogen-bond donors (Lipinski definition) is 1. The lowest BCUT2D eigenvalue weighted by Gasteiger charge is -2.35. The molecule has 1 aliphatic rings. The van der Waals surface area contributed by atoms with Crippen molar-refractivity contribution in [3.05, 3.63) is 29.8 Å². The third-order valence-electron chi connectivity index (χ3n) is 3.20. The summed E-state index contributed by atoms with van der Waals surface area (Å²) in [5.74, 6) is -1.02. The summed E-state index contributed by atoms with van der Waals surface area (Å²) in [7, 11) is 0. The Morgan fingerprint density at radius 2 is 1.89 bits per heavy atom. The molecule has 2 rings (SSSR count). The molecule has 1 aromatic carbocycles. The van der Waals surface area contributed by atoms with E-state index in [0.717, 1.165) is 32.0 Å². The molecule has 2 nitrogen and oxygen atoms in total. The minimum Gasteiger partial charge on any atom is -0.370 e. The first-order valence-electron chi connectivity index (χ1n) is 6.51. The topological polar surface area (TPSA) is 15.3 Å². The van der Waals surface area contributed by atoms with Crippen LogP contribution in [0.5, 0.6) is 0 Å². The van der Waals surface area contributed by atoms with E-state index in [4.69, 9.17) is 0 Å². The van der Waals surface area contributed by atoms with Gasteiger partial charge in [0.05, 0.1) is 0 Å². The quantitative estimate of drug-likeness (QED) is 0.892. The Morgan fingerprint density at radius 3 is 2.50 bits per heavy atom. The zero-order valence-electron chi connectivity index (χ0n) is 10.9. The number of nitrogens with one attached hydrogen (secondary N) is 1. The van der Waals surface area contributed by atoms with Crippen LogP contribution >= 0.6 is 0 Å². The Hall–Kier alpha value is -1.16. The number of benzene rings is 1. The highest BCUT2D eigenvalue weighted by Gasteiger charge is 2.21. The molecule has 1 fully saturated rings. The average Bonchev–Trinajstić information content (AvgIpc) is 2.27. The summed E-state index contributed by atoms with van der Waals surface area (Å²) in [4.78, 5) is 2.05. The van der Waals surface area contributed by atoms with Crippen LogP contribution in [-0.4, -0.2) is 25.2 Å². The number of rotatable bonds is 3. The van der Waals surface area contributed by atoms with Gasteiger partial charge in [-0.25, -0.2) is 8.78 Å². The number of anilines is 1. The van der Waals surface area contributed by atoms with Gasteiger partial charge in [0.25, 0.3) is 0 Å². The van der Waals surface area contributed by atoms with Gasteiger partial charge in [0, 0.05) is 36.9 Å². The first-order chi connectivity index (χ1) is 8.54. The molecule has 0 aliphatic carbocycles. The smallest absolute Gasteiger partial charge is 0.128 e. The van der Waals surface area contributed by atoms with Crippen LogP contribution in [0.1, 0.15) is 26.7 Å². The fraction of sp³-hybridized carbons (Fsp3) is 0.571. The van der Waals surface area contributed by atoms with E-state index in [-0.39, 0.29) is 0 Å². The monoisotopic (exact) mass is 254 g/mol. The summed E-state index contributed by atoms with van der Waals surface area (Å²) in [6.45, 7) is 5.89. The number of piperidine rings is 1. The van der Waals surface area contributed by atoms with Crippen LogP contribution < -0.4 is 10.2 Å². The SMILES string of the molecule is CC(C)NC1CCCN(c2cc(F)cc(F)c2)C1. The Bertz CT molecular complexity index is 387. The highest BCUT2D eigenvalue weighted by Crippen LogP contribution is 2.22. The van der Waals surface area contributed by atoms with E-state index in [1.807, 2.05) is 0 Å². The Balaban J connectivity index is 2.08. The lowest BCUT2D eigenvalue weighted by molar-refractivity contribution is 0.394. The van der Waals surface area contributed by atoms with E-state index in [1.54, 1.807) is 0 Å². The van der Waals surface area contributed by atoms with E-state index in [0.29, 0.717) is 17.8 Å². The van der Waals surface area contributed by atoms with Crippen molar-refractivity contribution in [3.63, 3.8) is 0 Å². The van der Waals surface area contributed by atoms with Crippen molar-refractivity contribution in [2.24, 2.45) is 0 Å². The van der Waals surface area contributed by atoms with Crippen molar-refractivity contribution in [1.82, 2.24) is 5.32 Å². The summed E-state index contributed by atoms with van der Waals surface area (Å²) < 4.78 is 26.4. The van der Waals surface area contributed by atoms with Crippen LogP contribution in [-0.2, 0) is 0 Å². The van der Waals surface area contributed by atoms with Crippen LogP contribution in [0.4, 0.5) is 14.5 Å². The molecule has 1 atom stereocenters. The Kier molecular flexibility index (Phi) is 4.17. The van der Waals surface area contributed by atoms with Gasteiger partial charge in [0.2, 0.25) is 0 Å². The van der Waals surface area contributed by atoms with Gasteiger partial charge < -0.3 is 10.2 Å². The van der Waals surface area contributed by atoms with Crippen LogP contribution in [0.25, 0.3) is 0 Å². The second kappa shape index (κ2) is 5.65. The van der Waals surface area contributed by atoms with Crippen molar-refractivity contribution >= 4 is 5.69 Å². The molecule has 0 bridgehead atoms. The minimum atomic E-state index is -0.510. The van der Waals surface area contributed by atoms with Crippen LogP contribution in [0.15, 0.2) is 18.2 Å². The molecule has 0 spiro atoms. The molecule has 1 aromatic rings. The second-order valence-electron chi connectivity index (χ2n) is 5.23. The van der Waals surface area contributed by atoms with Gasteiger partial charge in [-0.2, -0.15) is 0 Å². The fourth-order valence-electron chi connectivity index (χ4n) is 2.54. The maximum absolute atomic E-state index is 13.2. The number of halogens is 2. The number of hydrogen-bond acceptors (Lipinski definition) is 2. The Morgan fingerprint density at radius 1 is 1.22 bits per heavy atom. The van der Waals surface area contributed by atoms with E-state index < -0.39 is 11.6 Å². The van der Waals surface area contributed by atoms with Crippen molar-refractivity contribution in [3.8, 4) is 0 Å². The van der Waals surface area contributed by atoms with E-state index in [1.165, 1.54) is 12.1 Å². The lowest BCUT2D eigenvalue weighted by Crippen LogP contribution is -2.47. The van der Waals surface area contributed by atoms with E-state index >= 15 is 0 Å². The zero-order valence-corrected chi connectivity index (χ0v) is 10.9. The van der Waals surface area contributed by atoms with Crippen molar-refractivity contribution in [2.45, 2.75) is 38.8 Å². The molecule has 1 N–H and O–H groups in total. The van der Waals surface area contributed by atoms with Gasteiger partial charge in [0.1, 0.15) is 11.6 Å². The molecule has 100 valence electrons. The second-order valence-corrected chi connectivity index (χ2v) is 5.23. The predicted molar refractivity (Wildman–Crippen MR) is 69.9 cm³/mol. The lowest BCUT2D eigenvalue weighted by atomic mass is 10.0. The van der Waals surface area contributed by atoms with Crippen molar-refractivity contribution in [1.29, 1.82) is 0 Å². The maximum atomic E-state index is 13.2. The molecule has 1 saturated heterocycles. The molecule has 1 aliphatic heterocycles. The molecule has 0 saturated carbocycles. The third kappa shape index (κ3) is 3.42. The predicted octanol–water partition coefficient (Wildman–Crippen LogP) is 2.93. The van der Waals surface area contributed by atoms with Crippen LogP contribution in [0.3, 0.4) is 0 Å². The molecular weight excluding hydrogens is 234 g/mol. The summed E-state index contributed by atoms with van der Waals surface area (Å²) in [5.41, 5.74) is 0.641. The van der Waals surface area contributed by atoms with Crippen molar-refractivity contribution in [2.75, 3.05) is 18.0 Å². The molecule has 0 radical (unpaired) electrons. The molecule has 0 amide bonds. The van der Waals surface area contributed by atoms with Gasteiger partial charge in [-0.15, -0.1) is 0 Å². The first kappa shape index (κ1) is 13.3. The van der Waals surface area contributed by atoms with Crippen LogP contribution in [0.2, 0.25) is 0 Å². The molecule has 0 aromatic heterocycles. The fourth-order valence-corrected chi connectivity index (χ4v) is 2.54. The third-order valence-corrected chi connectivity index (χ3v) is 3.20. The van der Waals surface area contributed by atoms with Gasteiger partial charge in [-0.3, -0.25) is 0 Å². The Labute approximate surface area is 107 Å². The minimum absolute atomic E-state index is 0.394. The van der Waals surface area contributed by atoms with Gasteiger partial charge >= 0.3 is 0 Å². The maximum Gasteiger partial charge on any atom is 0.128 e. The summed E-state index contributed by atoms with van der Waals surface area (Å²) in [6.07, 6.45) is 2.16. The summed E-state index contributed by atoms with van der Waals surface area (Å²) in [5, 5.41) is 3.48. The number of nitrogens with zero attached hydrogens (tertiary/aromatic N) is 1. The average molecular weight is 254 g/mol. The largest absolute Gasteiger partial charge is 0.370 e. The summed E-state index contributed by atoms with van der Waals surface area (Å²) in [6, 6.07) is 4.54. The van der Waals surface area contributed by atoms with E-state index in [9.17, 15) is 8.78 Å². The zero-order chi connectivity index (χ0) is 13.1. The van der Waals surface area contributed by atoms with Gasteiger partial charge in [-0.05, 0) is 25.0 Å².